The van der Waals surface area contributed by atoms with Crippen LogP contribution in [0.5, 0.6) is 5.75 Å². The van der Waals surface area contributed by atoms with Gasteiger partial charge in [0, 0.05) is 11.1 Å². The fourth-order valence-corrected chi connectivity index (χ4v) is 1.58. The fraction of sp³-hybridized carbons (Fsp3) is 0.357. The van der Waals surface area contributed by atoms with Gasteiger partial charge in [-0.3, -0.25) is 0 Å². The maximum absolute atomic E-state index is 11.1. The molecule has 0 aromatic heterocycles. The van der Waals surface area contributed by atoms with Crippen molar-refractivity contribution in [3.63, 3.8) is 0 Å². The van der Waals surface area contributed by atoms with Crippen LogP contribution >= 0.6 is 0 Å². The monoisotopic (exact) mass is 234 g/mol. The van der Waals surface area contributed by atoms with E-state index in [1.54, 1.807) is 13.2 Å². The van der Waals surface area contributed by atoms with E-state index < -0.39 is 5.97 Å². The van der Waals surface area contributed by atoms with Crippen LogP contribution in [0.2, 0.25) is 0 Å². The highest BCUT2D eigenvalue weighted by Gasteiger charge is 2.08. The summed E-state index contributed by atoms with van der Waals surface area (Å²) in [6.45, 7) is 2.04. The van der Waals surface area contributed by atoms with Gasteiger partial charge in [-0.15, -0.1) is 0 Å². The van der Waals surface area contributed by atoms with Crippen molar-refractivity contribution >= 4 is 12.0 Å². The van der Waals surface area contributed by atoms with Crippen LogP contribution in [0.4, 0.5) is 0 Å². The number of methoxy groups -OCH3 is 1. The Labute approximate surface area is 102 Å². The first-order valence-corrected chi connectivity index (χ1v) is 5.76. The molecule has 1 N–H and O–H groups in total. The number of hydrogen-bond acceptors (Lipinski definition) is 2. The van der Waals surface area contributed by atoms with E-state index in [1.807, 2.05) is 31.2 Å². The van der Waals surface area contributed by atoms with Gasteiger partial charge in [0.05, 0.1) is 7.11 Å². The van der Waals surface area contributed by atoms with Crippen molar-refractivity contribution in [3.05, 3.63) is 35.4 Å². The standard InChI is InChI=1S/C14H18O3/c1-3-4-7-12(14(15)16)10-11-8-5-6-9-13(11)17-2/h5-6,8-10H,3-4,7H2,1-2H3,(H,15,16). The van der Waals surface area contributed by atoms with Crippen molar-refractivity contribution in [2.24, 2.45) is 0 Å². The number of carboxylic acid groups (broad SMARTS) is 1. The Morgan fingerprint density at radius 3 is 2.71 bits per heavy atom. The summed E-state index contributed by atoms with van der Waals surface area (Å²) in [5.74, 6) is -0.160. The van der Waals surface area contributed by atoms with Crippen molar-refractivity contribution in [1.29, 1.82) is 0 Å². The van der Waals surface area contributed by atoms with E-state index in [4.69, 9.17) is 9.84 Å². The van der Waals surface area contributed by atoms with Crippen molar-refractivity contribution in [3.8, 4) is 5.75 Å². The SMILES string of the molecule is CCCCC(=Cc1ccccc1OC)C(=O)O. The van der Waals surface area contributed by atoms with Gasteiger partial charge in [-0.25, -0.2) is 4.79 Å². The van der Waals surface area contributed by atoms with Crippen LogP contribution in [0.25, 0.3) is 6.08 Å². The molecule has 92 valence electrons. The molecule has 0 saturated carbocycles. The number of rotatable bonds is 6. The van der Waals surface area contributed by atoms with Crippen molar-refractivity contribution < 1.29 is 14.6 Å². The topological polar surface area (TPSA) is 46.5 Å². The zero-order valence-corrected chi connectivity index (χ0v) is 10.3. The van der Waals surface area contributed by atoms with Gasteiger partial charge in [0.2, 0.25) is 0 Å². The van der Waals surface area contributed by atoms with Crippen LogP contribution in [-0.2, 0) is 4.79 Å². The summed E-state index contributed by atoms with van der Waals surface area (Å²) in [5.41, 5.74) is 1.24. The summed E-state index contributed by atoms with van der Waals surface area (Å²) in [6.07, 6.45) is 4.14. The maximum Gasteiger partial charge on any atom is 0.331 e. The molecule has 0 heterocycles. The second kappa shape index (κ2) is 6.74. The molecule has 0 fully saturated rings. The largest absolute Gasteiger partial charge is 0.496 e. The number of carboxylic acids is 1. The molecule has 0 bridgehead atoms. The average Bonchev–Trinajstić information content (AvgIpc) is 2.34. The highest BCUT2D eigenvalue weighted by molar-refractivity contribution is 5.92. The Kier molecular flexibility index (Phi) is 5.27. The molecule has 0 amide bonds. The van der Waals surface area contributed by atoms with Crippen molar-refractivity contribution in [1.82, 2.24) is 0 Å². The lowest BCUT2D eigenvalue weighted by atomic mass is 10.0. The number of para-hydroxylation sites is 1. The Balaban J connectivity index is 2.99. The highest BCUT2D eigenvalue weighted by Crippen LogP contribution is 2.22. The number of hydrogen-bond donors (Lipinski definition) is 1. The molecule has 0 atom stereocenters. The molecule has 0 unspecified atom stereocenters. The minimum absolute atomic E-state index is 0.427. The lowest BCUT2D eigenvalue weighted by Crippen LogP contribution is -2.00. The van der Waals surface area contributed by atoms with E-state index in [-0.39, 0.29) is 0 Å². The van der Waals surface area contributed by atoms with Crippen LogP contribution in [0.3, 0.4) is 0 Å². The van der Waals surface area contributed by atoms with Crippen LogP contribution in [0.15, 0.2) is 29.8 Å². The third-order valence-electron chi connectivity index (χ3n) is 2.54. The van der Waals surface area contributed by atoms with Crippen molar-refractivity contribution in [2.75, 3.05) is 7.11 Å². The summed E-state index contributed by atoms with van der Waals surface area (Å²) < 4.78 is 5.19. The van der Waals surface area contributed by atoms with E-state index >= 15 is 0 Å². The molecule has 3 nitrogen and oxygen atoms in total. The van der Waals surface area contributed by atoms with Gasteiger partial charge < -0.3 is 9.84 Å². The predicted molar refractivity (Wildman–Crippen MR) is 68.1 cm³/mol. The Hall–Kier alpha value is -1.77. The lowest BCUT2D eigenvalue weighted by molar-refractivity contribution is -0.132. The summed E-state index contributed by atoms with van der Waals surface area (Å²) in [7, 11) is 1.58. The lowest BCUT2D eigenvalue weighted by Gasteiger charge is -2.06. The zero-order chi connectivity index (χ0) is 12.7. The number of benzene rings is 1. The van der Waals surface area contributed by atoms with E-state index in [2.05, 4.69) is 0 Å². The number of unbranched alkanes of at least 4 members (excludes halogenated alkanes) is 1. The minimum Gasteiger partial charge on any atom is -0.496 e. The first-order valence-electron chi connectivity index (χ1n) is 5.76. The molecule has 0 aliphatic carbocycles. The van der Waals surface area contributed by atoms with E-state index in [1.165, 1.54) is 0 Å². The van der Waals surface area contributed by atoms with Gasteiger partial charge in [0.15, 0.2) is 0 Å². The number of aliphatic carboxylic acids is 1. The normalized spacial score (nSPS) is 11.3. The molecule has 1 aromatic carbocycles. The summed E-state index contributed by atoms with van der Waals surface area (Å²) in [5, 5.41) is 9.12. The molecule has 0 spiro atoms. The van der Waals surface area contributed by atoms with Crippen LogP contribution in [0.1, 0.15) is 31.7 Å². The molecule has 0 aliphatic rings. The van der Waals surface area contributed by atoms with E-state index in [0.717, 1.165) is 18.4 Å². The van der Waals surface area contributed by atoms with Crippen molar-refractivity contribution in [2.45, 2.75) is 26.2 Å². The fourth-order valence-electron chi connectivity index (χ4n) is 1.58. The second-order valence-corrected chi connectivity index (χ2v) is 3.82. The third kappa shape index (κ3) is 3.94. The van der Waals surface area contributed by atoms with Gasteiger partial charge in [-0.1, -0.05) is 31.5 Å². The molecule has 1 aromatic rings. The molecule has 0 saturated heterocycles. The summed E-state index contributed by atoms with van der Waals surface area (Å²) in [4.78, 5) is 11.1. The van der Waals surface area contributed by atoms with Gasteiger partial charge in [-0.05, 0) is 25.0 Å². The maximum atomic E-state index is 11.1. The average molecular weight is 234 g/mol. The molecule has 0 aliphatic heterocycles. The summed E-state index contributed by atoms with van der Waals surface area (Å²) >= 11 is 0. The highest BCUT2D eigenvalue weighted by atomic mass is 16.5. The Morgan fingerprint density at radius 2 is 2.12 bits per heavy atom. The number of ether oxygens (including phenoxy) is 1. The molecular formula is C14H18O3. The molecule has 0 radical (unpaired) electrons. The Morgan fingerprint density at radius 1 is 1.41 bits per heavy atom. The predicted octanol–water partition coefficient (Wildman–Crippen LogP) is 3.35. The second-order valence-electron chi connectivity index (χ2n) is 3.82. The van der Waals surface area contributed by atoms with E-state index in [9.17, 15) is 4.79 Å². The van der Waals surface area contributed by atoms with Crippen LogP contribution in [0, 0.1) is 0 Å². The van der Waals surface area contributed by atoms with Gasteiger partial charge in [0.25, 0.3) is 0 Å². The molecule has 1 rings (SSSR count). The third-order valence-corrected chi connectivity index (χ3v) is 2.54. The minimum atomic E-state index is -0.857. The molecule has 3 heteroatoms. The van der Waals surface area contributed by atoms with Gasteiger partial charge in [-0.2, -0.15) is 0 Å². The Bertz CT molecular complexity index is 408. The first-order chi connectivity index (χ1) is 8.19. The summed E-state index contributed by atoms with van der Waals surface area (Å²) in [6, 6.07) is 7.41. The van der Waals surface area contributed by atoms with Gasteiger partial charge in [0.1, 0.15) is 5.75 Å². The molecule has 17 heavy (non-hydrogen) atoms. The quantitative estimate of drug-likeness (QED) is 0.768. The first kappa shape index (κ1) is 13.3. The van der Waals surface area contributed by atoms with Crippen LogP contribution < -0.4 is 4.74 Å². The van der Waals surface area contributed by atoms with Crippen LogP contribution in [-0.4, -0.2) is 18.2 Å². The zero-order valence-electron chi connectivity index (χ0n) is 10.3. The van der Waals surface area contributed by atoms with Gasteiger partial charge >= 0.3 is 5.97 Å². The van der Waals surface area contributed by atoms with E-state index in [0.29, 0.717) is 17.7 Å². The molecular weight excluding hydrogens is 216 g/mol. The number of carbonyl (C=O) groups is 1. The smallest absolute Gasteiger partial charge is 0.331 e.